The van der Waals surface area contributed by atoms with Crippen molar-refractivity contribution in [3.63, 3.8) is 0 Å². The lowest BCUT2D eigenvalue weighted by Crippen LogP contribution is -2.21. The molecule has 2 aromatic rings. The molecular weight excluding hydrogens is 292 g/mol. The lowest BCUT2D eigenvalue weighted by atomic mass is 10.1. The number of carbonyl (C=O) groups excluding carboxylic acids is 1. The van der Waals surface area contributed by atoms with E-state index >= 15 is 0 Å². The maximum absolute atomic E-state index is 11.8. The van der Waals surface area contributed by atoms with Crippen molar-refractivity contribution in [2.75, 3.05) is 5.75 Å². The van der Waals surface area contributed by atoms with Gasteiger partial charge in [0.25, 0.3) is 0 Å². The van der Waals surface area contributed by atoms with Crippen LogP contribution in [-0.4, -0.2) is 17.4 Å². The Morgan fingerprint density at radius 2 is 1.68 bits per heavy atom. The highest BCUT2D eigenvalue weighted by atomic mass is 32.2. The predicted molar refractivity (Wildman–Crippen MR) is 93.2 cm³/mol. The van der Waals surface area contributed by atoms with Crippen molar-refractivity contribution in [1.82, 2.24) is 5.43 Å². The molecule has 0 atom stereocenters. The molecule has 0 aliphatic heterocycles. The highest BCUT2D eigenvalue weighted by Gasteiger charge is 2.02. The Morgan fingerprint density at radius 1 is 1.05 bits per heavy atom. The van der Waals surface area contributed by atoms with Crippen LogP contribution in [0.3, 0.4) is 0 Å². The van der Waals surface area contributed by atoms with E-state index in [-0.39, 0.29) is 5.91 Å². The first kappa shape index (κ1) is 16.3. The number of nitrogens with zero attached hydrogens (tertiary/aromatic N) is 1. The molecule has 114 valence electrons. The predicted octanol–water partition coefficient (Wildman–Crippen LogP) is 3.90. The molecule has 2 aromatic carbocycles. The van der Waals surface area contributed by atoms with E-state index in [0.717, 1.165) is 23.4 Å². The first-order valence-electron chi connectivity index (χ1n) is 7.28. The van der Waals surface area contributed by atoms with Gasteiger partial charge in [0.15, 0.2) is 0 Å². The van der Waals surface area contributed by atoms with E-state index in [1.165, 1.54) is 17.3 Å². The van der Waals surface area contributed by atoms with Crippen LogP contribution < -0.4 is 5.43 Å². The van der Waals surface area contributed by atoms with Crippen molar-refractivity contribution in [3.05, 3.63) is 66.2 Å². The fourth-order valence-corrected chi connectivity index (χ4v) is 2.59. The Labute approximate surface area is 135 Å². The number of hydrazone groups is 1. The second-order valence-electron chi connectivity index (χ2n) is 4.97. The topological polar surface area (TPSA) is 41.5 Å². The Hall–Kier alpha value is -2.07. The number of hydrogen-bond acceptors (Lipinski definition) is 3. The Balaban J connectivity index is 1.70. The van der Waals surface area contributed by atoms with Crippen LogP contribution >= 0.6 is 11.8 Å². The number of benzene rings is 2. The van der Waals surface area contributed by atoms with Gasteiger partial charge in [-0.15, -0.1) is 11.8 Å². The SMILES string of the molecule is C/C(CCc1ccccc1)=N/NC(=O)CSc1ccccc1. The zero-order chi connectivity index (χ0) is 15.6. The van der Waals surface area contributed by atoms with E-state index in [4.69, 9.17) is 0 Å². The summed E-state index contributed by atoms with van der Waals surface area (Å²) in [5, 5.41) is 4.16. The van der Waals surface area contributed by atoms with Crippen molar-refractivity contribution in [3.8, 4) is 0 Å². The fourth-order valence-electron chi connectivity index (χ4n) is 1.88. The molecule has 3 nitrogen and oxygen atoms in total. The number of hydrogen-bond donors (Lipinski definition) is 1. The van der Waals surface area contributed by atoms with Gasteiger partial charge in [-0.3, -0.25) is 4.79 Å². The number of aryl methyl sites for hydroxylation is 1. The highest BCUT2D eigenvalue weighted by Crippen LogP contribution is 2.16. The van der Waals surface area contributed by atoms with Gasteiger partial charge in [0.1, 0.15) is 0 Å². The van der Waals surface area contributed by atoms with E-state index in [1.807, 2.05) is 55.5 Å². The molecule has 2 rings (SSSR count). The van der Waals surface area contributed by atoms with Crippen molar-refractivity contribution < 1.29 is 4.79 Å². The van der Waals surface area contributed by atoms with E-state index in [1.54, 1.807) is 0 Å². The molecular formula is C18H20N2OS. The van der Waals surface area contributed by atoms with E-state index in [9.17, 15) is 4.79 Å². The molecule has 0 saturated carbocycles. The molecule has 0 radical (unpaired) electrons. The molecule has 0 heterocycles. The molecule has 0 bridgehead atoms. The van der Waals surface area contributed by atoms with Gasteiger partial charge in [-0.2, -0.15) is 5.10 Å². The van der Waals surface area contributed by atoms with Crippen molar-refractivity contribution >= 4 is 23.4 Å². The summed E-state index contributed by atoms with van der Waals surface area (Å²) in [6, 6.07) is 20.1. The average molecular weight is 312 g/mol. The molecule has 0 spiro atoms. The van der Waals surface area contributed by atoms with E-state index in [0.29, 0.717) is 5.75 Å². The highest BCUT2D eigenvalue weighted by molar-refractivity contribution is 8.00. The van der Waals surface area contributed by atoms with Crippen molar-refractivity contribution in [2.45, 2.75) is 24.7 Å². The Kier molecular flexibility index (Phi) is 6.71. The molecule has 22 heavy (non-hydrogen) atoms. The van der Waals surface area contributed by atoms with Crippen LogP contribution in [0.2, 0.25) is 0 Å². The van der Waals surface area contributed by atoms with Crippen LogP contribution in [0.5, 0.6) is 0 Å². The average Bonchev–Trinajstić information content (AvgIpc) is 2.58. The minimum Gasteiger partial charge on any atom is -0.272 e. The van der Waals surface area contributed by atoms with Gasteiger partial charge in [-0.1, -0.05) is 48.5 Å². The zero-order valence-electron chi connectivity index (χ0n) is 12.7. The third-order valence-electron chi connectivity index (χ3n) is 3.10. The standard InChI is InChI=1S/C18H20N2OS/c1-15(12-13-16-8-4-2-5-9-16)19-20-18(21)14-22-17-10-6-3-7-11-17/h2-11H,12-14H2,1H3,(H,20,21)/b19-15-. The number of nitrogens with one attached hydrogen (secondary N) is 1. The van der Waals surface area contributed by atoms with Crippen LogP contribution in [0, 0.1) is 0 Å². The smallest absolute Gasteiger partial charge is 0.250 e. The summed E-state index contributed by atoms with van der Waals surface area (Å²) in [6.07, 6.45) is 1.78. The fraction of sp³-hybridized carbons (Fsp3) is 0.222. The number of amides is 1. The maximum Gasteiger partial charge on any atom is 0.250 e. The third-order valence-corrected chi connectivity index (χ3v) is 4.11. The van der Waals surface area contributed by atoms with Gasteiger partial charge in [0.2, 0.25) is 5.91 Å². The van der Waals surface area contributed by atoms with Crippen molar-refractivity contribution in [1.29, 1.82) is 0 Å². The monoisotopic (exact) mass is 312 g/mol. The largest absolute Gasteiger partial charge is 0.272 e. The summed E-state index contributed by atoms with van der Waals surface area (Å²) in [6.45, 7) is 1.94. The number of carbonyl (C=O) groups is 1. The van der Waals surface area contributed by atoms with Gasteiger partial charge in [-0.25, -0.2) is 5.43 Å². The quantitative estimate of drug-likeness (QED) is 0.478. The summed E-state index contributed by atoms with van der Waals surface area (Å²) in [4.78, 5) is 12.8. The lowest BCUT2D eigenvalue weighted by molar-refractivity contribution is -0.118. The van der Waals surface area contributed by atoms with Gasteiger partial charge in [-0.05, 0) is 37.5 Å². The molecule has 4 heteroatoms. The first-order valence-corrected chi connectivity index (χ1v) is 8.26. The number of thioether (sulfide) groups is 1. The van der Waals surface area contributed by atoms with Gasteiger partial charge in [0, 0.05) is 10.6 Å². The zero-order valence-corrected chi connectivity index (χ0v) is 13.5. The maximum atomic E-state index is 11.8. The van der Waals surface area contributed by atoms with E-state index < -0.39 is 0 Å². The van der Waals surface area contributed by atoms with Gasteiger partial charge in [0.05, 0.1) is 5.75 Å². The summed E-state index contributed by atoms with van der Waals surface area (Å²) in [5.41, 5.74) is 4.83. The van der Waals surface area contributed by atoms with Crippen LogP contribution in [-0.2, 0) is 11.2 Å². The van der Waals surface area contributed by atoms with Crippen molar-refractivity contribution in [2.24, 2.45) is 5.10 Å². The molecule has 0 unspecified atom stereocenters. The van der Waals surface area contributed by atoms with E-state index in [2.05, 4.69) is 22.7 Å². The second-order valence-corrected chi connectivity index (χ2v) is 6.02. The summed E-state index contributed by atoms with van der Waals surface area (Å²) in [5.74, 6) is 0.298. The molecule has 0 fully saturated rings. The second kappa shape index (κ2) is 9.05. The first-order chi connectivity index (χ1) is 10.7. The third kappa shape index (κ3) is 6.14. The molecule has 1 amide bonds. The molecule has 1 N–H and O–H groups in total. The Bertz CT molecular complexity index is 611. The van der Waals surface area contributed by atoms with Crippen LogP contribution in [0.1, 0.15) is 18.9 Å². The minimum absolute atomic E-state index is 0.0760. The van der Waals surface area contributed by atoms with Crippen LogP contribution in [0.15, 0.2) is 70.7 Å². The summed E-state index contributed by atoms with van der Waals surface area (Å²) < 4.78 is 0. The normalized spacial score (nSPS) is 11.2. The molecule has 0 aromatic heterocycles. The molecule has 0 aliphatic carbocycles. The minimum atomic E-state index is -0.0760. The van der Waals surface area contributed by atoms with Crippen LogP contribution in [0.4, 0.5) is 0 Å². The lowest BCUT2D eigenvalue weighted by Gasteiger charge is -2.03. The van der Waals surface area contributed by atoms with Gasteiger partial charge < -0.3 is 0 Å². The van der Waals surface area contributed by atoms with Gasteiger partial charge >= 0.3 is 0 Å². The number of rotatable bonds is 7. The summed E-state index contributed by atoms with van der Waals surface area (Å²) >= 11 is 1.51. The Morgan fingerprint density at radius 3 is 2.36 bits per heavy atom. The van der Waals surface area contributed by atoms with Crippen LogP contribution in [0.25, 0.3) is 0 Å². The molecule has 0 saturated heterocycles. The molecule has 0 aliphatic rings. The summed E-state index contributed by atoms with van der Waals surface area (Å²) in [7, 11) is 0.